The van der Waals surface area contributed by atoms with Crippen LogP contribution in [0.1, 0.15) is 0 Å². The average Bonchev–Trinajstić information content (AvgIpc) is 2.38. The van der Waals surface area contributed by atoms with Crippen LogP contribution in [-0.2, 0) is 0 Å². The third-order valence-corrected chi connectivity index (χ3v) is 3.43. The Morgan fingerprint density at radius 1 is 1.06 bits per heavy atom. The van der Waals surface area contributed by atoms with Crippen LogP contribution in [0, 0.1) is 0 Å². The molecule has 0 unspecified atom stereocenters. The van der Waals surface area contributed by atoms with Gasteiger partial charge in [-0.25, -0.2) is 0 Å². The molecule has 2 N–H and O–H groups in total. The summed E-state index contributed by atoms with van der Waals surface area (Å²) in [5.41, 5.74) is 8.51. The Hall–Kier alpha value is -1.68. The number of nitrogens with two attached hydrogens (primary N) is 1. The molecule has 0 heterocycles. The first-order valence-corrected chi connectivity index (χ1v) is 6.23. The maximum absolute atomic E-state index is 5.80. The second-order valence-corrected chi connectivity index (χ2v) is 4.58. The van der Waals surface area contributed by atoms with Gasteiger partial charge >= 0.3 is 0 Å². The Labute approximate surface area is 115 Å². The molecule has 0 atom stereocenters. The maximum Gasteiger partial charge on any atom is 0.144 e. The van der Waals surface area contributed by atoms with Gasteiger partial charge in [0.15, 0.2) is 0 Å². The van der Waals surface area contributed by atoms with E-state index in [4.69, 9.17) is 15.2 Å². The van der Waals surface area contributed by atoms with Gasteiger partial charge in [-0.2, -0.15) is 0 Å². The third-order valence-electron chi connectivity index (χ3n) is 2.68. The van der Waals surface area contributed by atoms with Crippen molar-refractivity contribution < 1.29 is 9.47 Å². The van der Waals surface area contributed by atoms with Crippen molar-refractivity contribution in [3.05, 3.63) is 40.9 Å². The van der Waals surface area contributed by atoms with Crippen LogP contribution >= 0.6 is 15.9 Å². The zero-order chi connectivity index (χ0) is 13.1. The molecule has 0 aliphatic rings. The van der Waals surface area contributed by atoms with Gasteiger partial charge in [0.2, 0.25) is 0 Å². The minimum atomic E-state index is 0.724. The molecule has 0 aromatic heterocycles. The zero-order valence-corrected chi connectivity index (χ0v) is 11.8. The molecule has 0 aliphatic carbocycles. The van der Waals surface area contributed by atoms with Gasteiger partial charge in [-0.3, -0.25) is 0 Å². The number of halogens is 1. The molecule has 2 aromatic rings. The molecule has 18 heavy (non-hydrogen) atoms. The first kappa shape index (κ1) is 12.8. The van der Waals surface area contributed by atoms with E-state index in [-0.39, 0.29) is 0 Å². The zero-order valence-electron chi connectivity index (χ0n) is 10.2. The highest BCUT2D eigenvalue weighted by molar-refractivity contribution is 9.10. The van der Waals surface area contributed by atoms with Crippen molar-refractivity contribution in [2.24, 2.45) is 0 Å². The molecule has 0 spiro atoms. The summed E-state index contributed by atoms with van der Waals surface area (Å²) >= 11 is 3.49. The lowest BCUT2D eigenvalue weighted by atomic mass is 10.0. The predicted molar refractivity (Wildman–Crippen MR) is 77.1 cm³/mol. The summed E-state index contributed by atoms with van der Waals surface area (Å²) in [5, 5.41) is 0. The predicted octanol–water partition coefficient (Wildman–Crippen LogP) is 3.72. The second kappa shape index (κ2) is 5.31. The molecule has 2 aromatic carbocycles. The molecule has 0 saturated heterocycles. The summed E-state index contributed by atoms with van der Waals surface area (Å²) in [7, 11) is 3.26. The van der Waals surface area contributed by atoms with Gasteiger partial charge in [0.25, 0.3) is 0 Å². The summed E-state index contributed by atoms with van der Waals surface area (Å²) < 4.78 is 11.5. The van der Waals surface area contributed by atoms with E-state index in [9.17, 15) is 0 Å². The Bertz CT molecular complexity index is 570. The fourth-order valence-electron chi connectivity index (χ4n) is 1.83. The minimum absolute atomic E-state index is 0.724. The van der Waals surface area contributed by atoms with Gasteiger partial charge < -0.3 is 15.2 Å². The van der Waals surface area contributed by atoms with E-state index in [1.165, 1.54) is 0 Å². The van der Waals surface area contributed by atoms with Crippen LogP contribution in [0.15, 0.2) is 40.9 Å². The Balaban J connectivity index is 2.61. The van der Waals surface area contributed by atoms with Crippen molar-refractivity contribution in [3.8, 4) is 22.6 Å². The molecule has 2 rings (SSSR count). The van der Waals surface area contributed by atoms with E-state index in [1.807, 2.05) is 36.4 Å². The fraction of sp³-hybridized carbons (Fsp3) is 0.143. The number of hydrogen-bond donors (Lipinski definition) is 1. The van der Waals surface area contributed by atoms with Crippen molar-refractivity contribution in [2.45, 2.75) is 0 Å². The summed E-state index contributed by atoms with van der Waals surface area (Å²) in [5.74, 6) is 1.47. The van der Waals surface area contributed by atoms with Crippen molar-refractivity contribution in [3.63, 3.8) is 0 Å². The summed E-state index contributed by atoms with van der Waals surface area (Å²) in [6.07, 6.45) is 0. The lowest BCUT2D eigenvalue weighted by molar-refractivity contribution is 0.390. The first-order chi connectivity index (χ1) is 8.67. The van der Waals surface area contributed by atoms with Crippen LogP contribution in [0.5, 0.6) is 11.5 Å². The minimum Gasteiger partial charge on any atom is -0.495 e. The number of nitrogen functional groups attached to an aromatic ring is 1. The standard InChI is InChI=1S/C14H14BrNO2/c1-17-12-7-6-11(14(18-2)13(12)15)9-4-3-5-10(16)8-9/h3-8H,16H2,1-2H3. The van der Waals surface area contributed by atoms with Crippen molar-refractivity contribution in [1.29, 1.82) is 0 Å². The molecule has 4 heteroatoms. The number of anilines is 1. The molecular formula is C14H14BrNO2. The topological polar surface area (TPSA) is 44.5 Å². The lowest BCUT2D eigenvalue weighted by Gasteiger charge is -2.13. The molecular weight excluding hydrogens is 294 g/mol. The highest BCUT2D eigenvalue weighted by Crippen LogP contribution is 2.42. The van der Waals surface area contributed by atoms with Crippen LogP contribution in [0.25, 0.3) is 11.1 Å². The van der Waals surface area contributed by atoms with Crippen molar-refractivity contribution in [1.82, 2.24) is 0 Å². The Morgan fingerprint density at radius 3 is 2.44 bits per heavy atom. The van der Waals surface area contributed by atoms with Gasteiger partial charge in [0.05, 0.1) is 14.2 Å². The molecule has 3 nitrogen and oxygen atoms in total. The summed E-state index contributed by atoms with van der Waals surface area (Å²) in [6, 6.07) is 11.5. The van der Waals surface area contributed by atoms with Crippen molar-refractivity contribution in [2.75, 3.05) is 20.0 Å². The number of methoxy groups -OCH3 is 2. The maximum atomic E-state index is 5.80. The van der Waals surface area contributed by atoms with Crippen LogP contribution in [-0.4, -0.2) is 14.2 Å². The highest BCUT2D eigenvalue weighted by atomic mass is 79.9. The van der Waals surface area contributed by atoms with E-state index in [0.717, 1.165) is 32.8 Å². The largest absolute Gasteiger partial charge is 0.495 e. The molecule has 94 valence electrons. The first-order valence-electron chi connectivity index (χ1n) is 5.43. The van der Waals surface area contributed by atoms with Crippen molar-refractivity contribution >= 4 is 21.6 Å². The molecule has 0 radical (unpaired) electrons. The lowest BCUT2D eigenvalue weighted by Crippen LogP contribution is -1.93. The van der Waals surface area contributed by atoms with Gasteiger partial charge in [0, 0.05) is 11.3 Å². The molecule has 0 saturated carbocycles. The highest BCUT2D eigenvalue weighted by Gasteiger charge is 2.13. The quantitative estimate of drug-likeness (QED) is 0.879. The molecule has 0 bridgehead atoms. The van der Waals surface area contributed by atoms with E-state index in [2.05, 4.69) is 15.9 Å². The average molecular weight is 308 g/mol. The second-order valence-electron chi connectivity index (χ2n) is 3.79. The van der Waals surface area contributed by atoms with Crippen LogP contribution < -0.4 is 15.2 Å². The summed E-state index contributed by atoms with van der Waals surface area (Å²) in [6.45, 7) is 0. The summed E-state index contributed by atoms with van der Waals surface area (Å²) in [4.78, 5) is 0. The van der Waals surface area contributed by atoms with Crippen LogP contribution in [0.3, 0.4) is 0 Å². The Morgan fingerprint density at radius 2 is 1.83 bits per heavy atom. The number of benzene rings is 2. The normalized spacial score (nSPS) is 10.2. The number of hydrogen-bond acceptors (Lipinski definition) is 3. The van der Waals surface area contributed by atoms with E-state index in [1.54, 1.807) is 14.2 Å². The van der Waals surface area contributed by atoms with Crippen LogP contribution in [0.2, 0.25) is 0 Å². The molecule has 0 amide bonds. The molecule has 0 aliphatic heterocycles. The van der Waals surface area contributed by atoms with E-state index in [0.29, 0.717) is 0 Å². The third kappa shape index (κ3) is 2.29. The van der Waals surface area contributed by atoms with Gasteiger partial charge in [0.1, 0.15) is 16.0 Å². The van der Waals surface area contributed by atoms with E-state index >= 15 is 0 Å². The van der Waals surface area contributed by atoms with Gasteiger partial charge in [-0.15, -0.1) is 0 Å². The number of ether oxygens (including phenoxy) is 2. The van der Waals surface area contributed by atoms with E-state index < -0.39 is 0 Å². The monoisotopic (exact) mass is 307 g/mol. The molecule has 0 fully saturated rings. The van der Waals surface area contributed by atoms with Gasteiger partial charge in [-0.05, 0) is 45.8 Å². The van der Waals surface area contributed by atoms with Gasteiger partial charge in [-0.1, -0.05) is 12.1 Å². The SMILES string of the molecule is COc1ccc(-c2cccc(N)c2)c(OC)c1Br. The fourth-order valence-corrected chi connectivity index (χ4v) is 2.50. The number of rotatable bonds is 3. The van der Waals surface area contributed by atoms with Crippen LogP contribution in [0.4, 0.5) is 5.69 Å². The smallest absolute Gasteiger partial charge is 0.144 e. The Kier molecular flexibility index (Phi) is 3.77.